The van der Waals surface area contributed by atoms with Gasteiger partial charge < -0.3 is 5.32 Å². The Bertz CT molecular complexity index is 483. The molecule has 0 saturated heterocycles. The molecule has 1 saturated carbocycles. The number of nitrogens with one attached hydrogen (secondary N) is 1. The number of rotatable bonds is 4. The first-order valence-electron chi connectivity index (χ1n) is 6.74. The molecule has 1 N–H and O–H groups in total. The molecule has 1 aliphatic carbocycles. The van der Waals surface area contributed by atoms with Crippen molar-refractivity contribution in [2.24, 2.45) is 0 Å². The van der Waals surface area contributed by atoms with Crippen LogP contribution < -0.4 is 5.32 Å². The van der Waals surface area contributed by atoms with Crippen molar-refractivity contribution in [1.29, 1.82) is 0 Å². The highest BCUT2D eigenvalue weighted by atomic mass is 15.3. The zero-order valence-electron chi connectivity index (χ0n) is 10.5. The quantitative estimate of drug-likeness (QED) is 0.892. The van der Waals surface area contributed by atoms with Gasteiger partial charge in [0.1, 0.15) is 0 Å². The second kappa shape index (κ2) is 5.36. The Morgan fingerprint density at radius 1 is 1.17 bits per heavy atom. The van der Waals surface area contributed by atoms with Crippen molar-refractivity contribution < 1.29 is 0 Å². The minimum absolute atomic E-state index is 0.713. The molecule has 94 valence electrons. The maximum atomic E-state index is 4.41. The summed E-state index contributed by atoms with van der Waals surface area (Å²) < 4.78 is 1.94. The van der Waals surface area contributed by atoms with Crippen LogP contribution in [0.1, 0.15) is 31.2 Å². The molecule has 0 bridgehead atoms. The Morgan fingerprint density at radius 3 is 2.72 bits per heavy atom. The third kappa shape index (κ3) is 2.62. The van der Waals surface area contributed by atoms with E-state index >= 15 is 0 Å². The monoisotopic (exact) mass is 241 g/mol. The first kappa shape index (κ1) is 11.5. The predicted molar refractivity (Wildman–Crippen MR) is 72.7 cm³/mol. The maximum Gasteiger partial charge on any atom is 0.0645 e. The lowest BCUT2D eigenvalue weighted by molar-refractivity contribution is 0.524. The van der Waals surface area contributed by atoms with Crippen molar-refractivity contribution >= 4 is 0 Å². The second-order valence-corrected chi connectivity index (χ2v) is 4.99. The first-order valence-corrected chi connectivity index (χ1v) is 6.74. The standard InChI is InChI=1S/C15H19N3/c1-2-8-15(9-3-1)18-12-13(11-17-18)10-16-14-6-4-5-7-14/h1-3,8-9,11-12,14,16H,4-7,10H2. The molecule has 3 nitrogen and oxygen atoms in total. The Morgan fingerprint density at radius 2 is 1.94 bits per heavy atom. The summed E-state index contributed by atoms with van der Waals surface area (Å²) in [5.41, 5.74) is 2.37. The molecule has 3 heteroatoms. The molecule has 0 aliphatic heterocycles. The Labute approximate surface area is 108 Å². The van der Waals surface area contributed by atoms with Crippen LogP contribution in [0.5, 0.6) is 0 Å². The molecule has 0 amide bonds. The van der Waals surface area contributed by atoms with Gasteiger partial charge in [0.25, 0.3) is 0 Å². The normalized spacial score (nSPS) is 16.2. The zero-order chi connectivity index (χ0) is 12.2. The molecule has 1 aromatic heterocycles. The van der Waals surface area contributed by atoms with Crippen LogP contribution in [0.3, 0.4) is 0 Å². The van der Waals surface area contributed by atoms with E-state index in [9.17, 15) is 0 Å². The van der Waals surface area contributed by atoms with E-state index in [1.54, 1.807) is 0 Å². The summed E-state index contributed by atoms with van der Waals surface area (Å²) in [5, 5.41) is 8.02. The van der Waals surface area contributed by atoms with Crippen LogP contribution in [0.2, 0.25) is 0 Å². The fourth-order valence-corrected chi connectivity index (χ4v) is 2.57. The van der Waals surface area contributed by atoms with Crippen molar-refractivity contribution in [3.05, 3.63) is 48.3 Å². The van der Waals surface area contributed by atoms with Crippen LogP contribution in [-0.4, -0.2) is 15.8 Å². The molecule has 0 unspecified atom stereocenters. The number of para-hydroxylation sites is 1. The molecule has 18 heavy (non-hydrogen) atoms. The third-order valence-electron chi connectivity index (χ3n) is 3.61. The van der Waals surface area contributed by atoms with Gasteiger partial charge in [-0.25, -0.2) is 4.68 Å². The van der Waals surface area contributed by atoms with Gasteiger partial charge in [0, 0.05) is 24.3 Å². The lowest BCUT2D eigenvalue weighted by Gasteiger charge is -2.09. The van der Waals surface area contributed by atoms with Gasteiger partial charge >= 0.3 is 0 Å². The van der Waals surface area contributed by atoms with E-state index in [1.165, 1.54) is 31.2 Å². The summed E-state index contributed by atoms with van der Waals surface area (Å²) in [6.45, 7) is 0.928. The topological polar surface area (TPSA) is 29.9 Å². The van der Waals surface area contributed by atoms with Crippen LogP contribution in [0.15, 0.2) is 42.7 Å². The number of hydrogen-bond acceptors (Lipinski definition) is 2. The van der Waals surface area contributed by atoms with Gasteiger partial charge in [-0.2, -0.15) is 5.10 Å². The molecular weight excluding hydrogens is 222 g/mol. The molecule has 0 radical (unpaired) electrons. The minimum atomic E-state index is 0.713. The smallest absolute Gasteiger partial charge is 0.0645 e. The van der Waals surface area contributed by atoms with Crippen molar-refractivity contribution in [3.8, 4) is 5.69 Å². The molecule has 1 aliphatic rings. The Hall–Kier alpha value is -1.61. The third-order valence-corrected chi connectivity index (χ3v) is 3.61. The van der Waals surface area contributed by atoms with Crippen LogP contribution >= 0.6 is 0 Å². The average Bonchev–Trinajstić information content (AvgIpc) is 3.09. The fourth-order valence-electron chi connectivity index (χ4n) is 2.57. The van der Waals surface area contributed by atoms with Gasteiger partial charge in [0.15, 0.2) is 0 Å². The maximum absolute atomic E-state index is 4.41. The SMILES string of the molecule is c1ccc(-n2cc(CNC3CCCC3)cn2)cc1. The van der Waals surface area contributed by atoms with Crippen LogP contribution in [0.4, 0.5) is 0 Å². The van der Waals surface area contributed by atoms with Gasteiger partial charge in [-0.05, 0) is 25.0 Å². The summed E-state index contributed by atoms with van der Waals surface area (Å²) in [7, 11) is 0. The largest absolute Gasteiger partial charge is 0.310 e. The molecule has 1 aromatic carbocycles. The van der Waals surface area contributed by atoms with Crippen molar-refractivity contribution in [2.45, 2.75) is 38.3 Å². The predicted octanol–water partition coefficient (Wildman–Crippen LogP) is 2.90. The van der Waals surface area contributed by atoms with Crippen LogP contribution in [0, 0.1) is 0 Å². The molecule has 3 rings (SSSR count). The van der Waals surface area contributed by atoms with E-state index in [1.807, 2.05) is 29.1 Å². The van der Waals surface area contributed by atoms with Crippen molar-refractivity contribution in [2.75, 3.05) is 0 Å². The second-order valence-electron chi connectivity index (χ2n) is 4.99. The lowest BCUT2D eigenvalue weighted by atomic mass is 10.2. The van der Waals surface area contributed by atoms with Crippen LogP contribution in [-0.2, 0) is 6.54 Å². The van der Waals surface area contributed by atoms with E-state index in [-0.39, 0.29) is 0 Å². The average molecular weight is 241 g/mol. The van der Waals surface area contributed by atoms with Gasteiger partial charge in [-0.3, -0.25) is 0 Å². The molecule has 1 fully saturated rings. The summed E-state index contributed by atoms with van der Waals surface area (Å²) in [5.74, 6) is 0. The first-order chi connectivity index (χ1) is 8.92. The fraction of sp³-hybridized carbons (Fsp3) is 0.400. The lowest BCUT2D eigenvalue weighted by Crippen LogP contribution is -2.24. The summed E-state index contributed by atoms with van der Waals surface area (Å²) in [4.78, 5) is 0. The highest BCUT2D eigenvalue weighted by molar-refractivity contribution is 5.30. The molecule has 2 aromatic rings. The van der Waals surface area contributed by atoms with Crippen LogP contribution in [0.25, 0.3) is 5.69 Å². The number of hydrogen-bond donors (Lipinski definition) is 1. The van der Waals surface area contributed by atoms with Crippen molar-refractivity contribution in [3.63, 3.8) is 0 Å². The minimum Gasteiger partial charge on any atom is -0.310 e. The number of benzene rings is 1. The van der Waals surface area contributed by atoms with Gasteiger partial charge in [-0.15, -0.1) is 0 Å². The zero-order valence-corrected chi connectivity index (χ0v) is 10.5. The van der Waals surface area contributed by atoms with E-state index in [0.717, 1.165) is 12.2 Å². The summed E-state index contributed by atoms with van der Waals surface area (Å²) in [6.07, 6.45) is 9.47. The van der Waals surface area contributed by atoms with Gasteiger partial charge in [0.05, 0.1) is 11.9 Å². The van der Waals surface area contributed by atoms with Crippen molar-refractivity contribution in [1.82, 2.24) is 15.1 Å². The Kier molecular flexibility index (Phi) is 3.42. The van der Waals surface area contributed by atoms with E-state index in [2.05, 4.69) is 28.7 Å². The molecule has 0 atom stereocenters. The molecule has 0 spiro atoms. The van der Waals surface area contributed by atoms with E-state index in [0.29, 0.717) is 6.04 Å². The summed E-state index contributed by atoms with van der Waals surface area (Å²) in [6, 6.07) is 10.9. The highest BCUT2D eigenvalue weighted by Crippen LogP contribution is 2.18. The molecular formula is C15H19N3. The van der Waals surface area contributed by atoms with Gasteiger partial charge in [0.2, 0.25) is 0 Å². The summed E-state index contributed by atoms with van der Waals surface area (Å²) >= 11 is 0. The van der Waals surface area contributed by atoms with E-state index < -0.39 is 0 Å². The van der Waals surface area contributed by atoms with Gasteiger partial charge in [-0.1, -0.05) is 31.0 Å². The molecule has 1 heterocycles. The number of nitrogens with zero attached hydrogens (tertiary/aromatic N) is 2. The van der Waals surface area contributed by atoms with E-state index in [4.69, 9.17) is 0 Å². The number of aromatic nitrogens is 2. The highest BCUT2D eigenvalue weighted by Gasteiger charge is 2.14. The Balaban J connectivity index is 1.63.